The molecule has 13 heteroatoms. The number of pyridine rings is 1. The summed E-state index contributed by atoms with van der Waals surface area (Å²) in [4.78, 5) is 15.6. The van der Waals surface area contributed by atoms with Crippen LogP contribution >= 0.6 is 34.8 Å². The molecule has 0 amide bonds. The van der Waals surface area contributed by atoms with Crippen LogP contribution in [0.2, 0.25) is 5.02 Å². The molecule has 1 unspecified atom stereocenters. The maximum Gasteiger partial charge on any atom is 0.339 e. The topological polar surface area (TPSA) is 119 Å². The summed E-state index contributed by atoms with van der Waals surface area (Å²) in [6.07, 6.45) is 0.0109. The summed E-state index contributed by atoms with van der Waals surface area (Å²) in [5, 5.41) is -2.08. The molecule has 154 valence electrons. The molecule has 8 nitrogen and oxygen atoms in total. The zero-order valence-corrected chi connectivity index (χ0v) is 18.4. The van der Waals surface area contributed by atoms with E-state index >= 15 is 0 Å². The van der Waals surface area contributed by atoms with E-state index in [0.29, 0.717) is 0 Å². The standard InChI is InChI=1S/C14H19Cl3N2O6S2/c1-9-13(17)10(14(20)25-2)8-12(18-9)27(23,24)19-11(4-6-16)26(21,22)7-3-5-15/h8,11,19H,3-7H2,1-2H3. The second kappa shape index (κ2) is 10.2. The van der Waals surface area contributed by atoms with Crippen molar-refractivity contribution in [3.8, 4) is 0 Å². The molecule has 1 aromatic heterocycles. The van der Waals surface area contributed by atoms with Crippen molar-refractivity contribution in [2.45, 2.75) is 30.2 Å². The smallest absolute Gasteiger partial charge is 0.339 e. The van der Waals surface area contributed by atoms with Crippen molar-refractivity contribution in [3.05, 3.63) is 22.3 Å². The Balaban J connectivity index is 3.32. The van der Waals surface area contributed by atoms with Gasteiger partial charge in [0.15, 0.2) is 14.9 Å². The number of nitrogens with one attached hydrogen (secondary N) is 1. The zero-order valence-electron chi connectivity index (χ0n) is 14.5. The second-order valence-corrected chi connectivity index (χ2v) is 10.5. The molecule has 0 fully saturated rings. The minimum absolute atomic E-state index is 0.0622. The van der Waals surface area contributed by atoms with E-state index in [2.05, 4.69) is 14.4 Å². The highest BCUT2D eigenvalue weighted by Crippen LogP contribution is 2.23. The summed E-state index contributed by atoms with van der Waals surface area (Å²) in [6.45, 7) is 1.40. The van der Waals surface area contributed by atoms with Crippen molar-refractivity contribution < 1.29 is 26.4 Å². The quantitative estimate of drug-likeness (QED) is 0.401. The number of halogens is 3. The van der Waals surface area contributed by atoms with E-state index in [4.69, 9.17) is 34.8 Å². The van der Waals surface area contributed by atoms with E-state index < -0.39 is 36.2 Å². The molecular formula is C14H19Cl3N2O6S2. The second-order valence-electron chi connectivity index (χ2n) is 5.40. The fourth-order valence-electron chi connectivity index (χ4n) is 2.07. The van der Waals surface area contributed by atoms with Crippen LogP contribution in [0.25, 0.3) is 0 Å². The summed E-state index contributed by atoms with van der Waals surface area (Å²) < 4.78 is 56.7. The maximum absolute atomic E-state index is 12.7. The van der Waals surface area contributed by atoms with Crippen LogP contribution < -0.4 is 4.72 Å². The highest BCUT2D eigenvalue weighted by atomic mass is 35.5. The van der Waals surface area contributed by atoms with Gasteiger partial charge in [0.2, 0.25) is 0 Å². The highest BCUT2D eigenvalue weighted by molar-refractivity contribution is 7.94. The Morgan fingerprint density at radius 3 is 2.41 bits per heavy atom. The molecule has 1 aromatic rings. The van der Waals surface area contributed by atoms with Gasteiger partial charge in [-0.05, 0) is 25.8 Å². The number of sulfone groups is 1. The number of alkyl halides is 2. The van der Waals surface area contributed by atoms with Crippen LogP contribution in [0.4, 0.5) is 0 Å². The van der Waals surface area contributed by atoms with Gasteiger partial charge in [-0.1, -0.05) is 11.6 Å². The monoisotopic (exact) mass is 480 g/mol. The van der Waals surface area contributed by atoms with Gasteiger partial charge in [0.25, 0.3) is 10.0 Å². The van der Waals surface area contributed by atoms with Crippen molar-refractivity contribution in [2.75, 3.05) is 24.6 Å². The van der Waals surface area contributed by atoms with Crippen LogP contribution in [0.15, 0.2) is 11.1 Å². The van der Waals surface area contributed by atoms with E-state index in [9.17, 15) is 21.6 Å². The number of ether oxygens (including phenoxy) is 1. The molecule has 0 aliphatic rings. The number of carbonyl (C=O) groups is 1. The molecule has 0 saturated carbocycles. The van der Waals surface area contributed by atoms with Gasteiger partial charge in [-0.2, -0.15) is 4.72 Å². The number of nitrogens with zero attached hydrogens (tertiary/aromatic N) is 1. The lowest BCUT2D eigenvalue weighted by molar-refractivity contribution is 0.0600. The molecule has 0 aliphatic heterocycles. The van der Waals surface area contributed by atoms with Gasteiger partial charge in [-0.25, -0.2) is 26.6 Å². The van der Waals surface area contributed by atoms with Crippen LogP contribution in [0, 0.1) is 6.92 Å². The van der Waals surface area contributed by atoms with E-state index in [-0.39, 0.29) is 46.6 Å². The summed E-state index contributed by atoms with van der Waals surface area (Å²) in [6, 6.07) is 0.923. The van der Waals surface area contributed by atoms with Gasteiger partial charge in [-0.3, -0.25) is 0 Å². The zero-order chi connectivity index (χ0) is 20.8. The SMILES string of the molecule is COC(=O)c1cc(S(=O)(=O)NC(CCCl)S(=O)(=O)CCCCl)nc(C)c1Cl. The lowest BCUT2D eigenvalue weighted by Crippen LogP contribution is -2.42. The number of hydrogen-bond donors (Lipinski definition) is 1. The van der Waals surface area contributed by atoms with Gasteiger partial charge in [-0.15, -0.1) is 23.2 Å². The van der Waals surface area contributed by atoms with Crippen molar-refractivity contribution in [2.24, 2.45) is 0 Å². The Morgan fingerprint density at radius 1 is 1.26 bits per heavy atom. The van der Waals surface area contributed by atoms with E-state index in [1.54, 1.807) is 0 Å². The third-order valence-electron chi connectivity index (χ3n) is 3.43. The molecular weight excluding hydrogens is 463 g/mol. The molecule has 1 rings (SSSR count). The number of rotatable bonds is 10. The Hall–Kier alpha value is -0.650. The first-order chi connectivity index (χ1) is 12.5. The Kier molecular flexibility index (Phi) is 9.23. The number of aromatic nitrogens is 1. The van der Waals surface area contributed by atoms with E-state index in [1.165, 1.54) is 6.92 Å². The van der Waals surface area contributed by atoms with E-state index in [1.807, 2.05) is 0 Å². The molecule has 0 spiro atoms. The molecule has 0 aromatic carbocycles. The average Bonchev–Trinajstić information content (AvgIpc) is 2.60. The van der Waals surface area contributed by atoms with Crippen LogP contribution in [0.1, 0.15) is 28.9 Å². The lowest BCUT2D eigenvalue weighted by Gasteiger charge is -2.18. The third-order valence-corrected chi connectivity index (χ3v) is 7.98. The molecule has 0 radical (unpaired) electrons. The Labute approximate surface area is 173 Å². The maximum atomic E-state index is 12.7. The fourth-order valence-corrected chi connectivity index (χ4v) is 6.27. The molecule has 1 atom stereocenters. The Bertz CT molecular complexity index is 890. The predicted octanol–water partition coefficient (Wildman–Crippen LogP) is 2.11. The number of aryl methyl sites for hydroxylation is 1. The van der Waals surface area contributed by atoms with Gasteiger partial charge in [0.05, 0.1) is 29.1 Å². The van der Waals surface area contributed by atoms with Crippen LogP contribution in [0.3, 0.4) is 0 Å². The largest absolute Gasteiger partial charge is 0.465 e. The Morgan fingerprint density at radius 2 is 1.89 bits per heavy atom. The normalized spacial score (nSPS) is 13.4. The first-order valence-corrected chi connectivity index (χ1v) is 12.3. The van der Waals surface area contributed by atoms with Crippen LogP contribution in [-0.2, 0) is 24.6 Å². The van der Waals surface area contributed by atoms with Crippen molar-refractivity contribution in [1.29, 1.82) is 0 Å². The van der Waals surface area contributed by atoms with Crippen LogP contribution in [-0.4, -0.2) is 57.8 Å². The summed E-state index contributed by atoms with van der Waals surface area (Å²) in [7, 11) is -7.12. The lowest BCUT2D eigenvalue weighted by atomic mass is 10.2. The highest BCUT2D eigenvalue weighted by Gasteiger charge is 2.31. The molecule has 1 N–H and O–H groups in total. The van der Waals surface area contributed by atoms with Crippen molar-refractivity contribution in [3.63, 3.8) is 0 Å². The van der Waals surface area contributed by atoms with Gasteiger partial charge < -0.3 is 4.74 Å². The molecule has 0 aliphatic carbocycles. The molecule has 1 heterocycles. The predicted molar refractivity (Wildman–Crippen MR) is 104 cm³/mol. The third kappa shape index (κ3) is 6.43. The first-order valence-electron chi connectivity index (χ1n) is 7.61. The molecule has 27 heavy (non-hydrogen) atoms. The summed E-state index contributed by atoms with van der Waals surface area (Å²) >= 11 is 17.1. The number of carbonyl (C=O) groups excluding carboxylic acids is 1. The number of sulfonamides is 1. The minimum atomic E-state index is -4.39. The van der Waals surface area contributed by atoms with Crippen molar-refractivity contribution in [1.82, 2.24) is 9.71 Å². The van der Waals surface area contributed by atoms with Gasteiger partial charge in [0, 0.05) is 11.8 Å². The summed E-state index contributed by atoms with van der Waals surface area (Å²) in [5.74, 6) is -1.14. The van der Waals surface area contributed by atoms with Crippen molar-refractivity contribution >= 4 is 60.6 Å². The summed E-state index contributed by atoms with van der Waals surface area (Å²) in [5.41, 5.74) is -0.134. The van der Waals surface area contributed by atoms with Gasteiger partial charge in [0.1, 0.15) is 5.37 Å². The minimum Gasteiger partial charge on any atom is -0.465 e. The van der Waals surface area contributed by atoms with E-state index in [0.717, 1.165) is 13.2 Å². The fraction of sp³-hybridized carbons (Fsp3) is 0.571. The van der Waals surface area contributed by atoms with Crippen LogP contribution in [0.5, 0.6) is 0 Å². The first kappa shape index (κ1) is 24.4. The number of methoxy groups -OCH3 is 1. The number of esters is 1. The molecule has 0 saturated heterocycles. The number of hydrogen-bond acceptors (Lipinski definition) is 7. The van der Waals surface area contributed by atoms with Gasteiger partial charge >= 0.3 is 5.97 Å². The average molecular weight is 482 g/mol. The molecule has 0 bridgehead atoms.